The fraction of sp³-hybridized carbons (Fsp3) is 0.222. The van der Waals surface area contributed by atoms with E-state index in [0.717, 1.165) is 12.1 Å². The van der Waals surface area contributed by atoms with Crippen LogP contribution in [0.25, 0.3) is 44.3 Å². The average Bonchev–Trinajstić information content (AvgIpc) is 2.78. The second-order valence-corrected chi connectivity index (χ2v) is 9.19. The summed E-state index contributed by atoms with van der Waals surface area (Å²) in [5, 5.41) is 2.62. The first-order valence-corrected chi connectivity index (χ1v) is 10.0. The minimum atomic E-state index is 0.241. The van der Waals surface area contributed by atoms with Gasteiger partial charge in [-0.05, 0) is 58.0 Å². The predicted molar refractivity (Wildman–Crippen MR) is 120 cm³/mol. The van der Waals surface area contributed by atoms with Crippen molar-refractivity contribution in [3.8, 4) is 33.5 Å². The van der Waals surface area contributed by atoms with Gasteiger partial charge in [-0.3, -0.25) is 4.98 Å². The van der Waals surface area contributed by atoms with Gasteiger partial charge in [-0.25, -0.2) is 0 Å². The minimum Gasteiger partial charge on any atom is -0.256 e. The van der Waals surface area contributed by atoms with E-state index in [4.69, 9.17) is 4.98 Å². The van der Waals surface area contributed by atoms with Gasteiger partial charge in [-0.1, -0.05) is 80.9 Å². The molecule has 0 bridgehead atoms. The van der Waals surface area contributed by atoms with Crippen molar-refractivity contribution in [2.75, 3.05) is 0 Å². The smallest absolute Gasteiger partial charge is 0.0792 e. The van der Waals surface area contributed by atoms with Crippen LogP contribution in [0.5, 0.6) is 0 Å². The second-order valence-electron chi connectivity index (χ2n) is 9.19. The minimum absolute atomic E-state index is 0.241. The molecule has 4 aromatic rings. The SMILES string of the molecule is Cc1ccc2c(c1)-c1ccccc1-c1nccc3c(CC(C)(C)C)ccc-2c13. The fourth-order valence-electron chi connectivity index (χ4n) is 4.55. The highest BCUT2D eigenvalue weighted by Gasteiger charge is 2.24. The molecule has 0 N–H and O–H groups in total. The summed E-state index contributed by atoms with van der Waals surface area (Å²) in [7, 11) is 0. The van der Waals surface area contributed by atoms with Crippen LogP contribution in [0.1, 0.15) is 31.9 Å². The monoisotopic (exact) mass is 363 g/mol. The first kappa shape index (κ1) is 17.2. The molecular weight excluding hydrogens is 338 g/mol. The van der Waals surface area contributed by atoms with E-state index in [1.165, 1.54) is 49.7 Å². The summed E-state index contributed by atoms with van der Waals surface area (Å²) in [5.41, 5.74) is 10.4. The van der Waals surface area contributed by atoms with Crippen molar-refractivity contribution in [3.63, 3.8) is 0 Å². The van der Waals surface area contributed by atoms with E-state index in [9.17, 15) is 0 Å². The van der Waals surface area contributed by atoms with Crippen molar-refractivity contribution in [2.45, 2.75) is 34.1 Å². The summed E-state index contributed by atoms with van der Waals surface area (Å²) in [6, 6.07) is 22.4. The summed E-state index contributed by atoms with van der Waals surface area (Å²) < 4.78 is 0. The van der Waals surface area contributed by atoms with Gasteiger partial charge < -0.3 is 0 Å². The number of aromatic nitrogens is 1. The second kappa shape index (κ2) is 6.04. The third-order valence-electron chi connectivity index (χ3n) is 5.68. The van der Waals surface area contributed by atoms with E-state index in [1.54, 1.807) is 0 Å². The molecule has 28 heavy (non-hydrogen) atoms. The molecule has 0 fully saturated rings. The Bertz CT molecular complexity index is 1220. The molecule has 0 amide bonds. The molecular formula is C27H25N. The summed E-state index contributed by atoms with van der Waals surface area (Å²) in [4.78, 5) is 4.88. The molecule has 0 aliphatic heterocycles. The number of hydrogen-bond donors (Lipinski definition) is 0. The van der Waals surface area contributed by atoms with Gasteiger partial charge in [0.05, 0.1) is 5.69 Å². The van der Waals surface area contributed by atoms with Gasteiger partial charge in [0.1, 0.15) is 0 Å². The Morgan fingerprint density at radius 2 is 1.46 bits per heavy atom. The molecule has 1 aliphatic carbocycles. The van der Waals surface area contributed by atoms with Crippen LogP contribution in [0.3, 0.4) is 0 Å². The topological polar surface area (TPSA) is 12.9 Å². The van der Waals surface area contributed by atoms with Crippen molar-refractivity contribution < 1.29 is 0 Å². The summed E-state index contributed by atoms with van der Waals surface area (Å²) in [6.45, 7) is 9.09. The number of benzene rings is 3. The highest BCUT2D eigenvalue weighted by molar-refractivity contribution is 6.12. The largest absolute Gasteiger partial charge is 0.256 e. The van der Waals surface area contributed by atoms with Crippen LogP contribution >= 0.6 is 0 Å². The highest BCUT2D eigenvalue weighted by Crippen LogP contribution is 2.47. The number of pyridine rings is 1. The maximum atomic E-state index is 4.88. The molecule has 1 nitrogen and oxygen atoms in total. The van der Waals surface area contributed by atoms with Crippen LogP contribution in [0.15, 0.2) is 66.9 Å². The molecule has 1 heteroatoms. The average molecular weight is 364 g/mol. The zero-order valence-electron chi connectivity index (χ0n) is 17.0. The molecule has 1 aliphatic rings. The van der Waals surface area contributed by atoms with Crippen LogP contribution in [0.4, 0.5) is 0 Å². The molecule has 0 saturated carbocycles. The van der Waals surface area contributed by atoms with Gasteiger partial charge in [0, 0.05) is 17.1 Å². The number of hydrogen-bond acceptors (Lipinski definition) is 1. The van der Waals surface area contributed by atoms with Crippen LogP contribution in [0.2, 0.25) is 0 Å². The predicted octanol–water partition coefficient (Wildman–Crippen LogP) is 7.45. The van der Waals surface area contributed by atoms with Crippen molar-refractivity contribution in [1.82, 2.24) is 4.98 Å². The van der Waals surface area contributed by atoms with Gasteiger partial charge in [0.15, 0.2) is 0 Å². The van der Waals surface area contributed by atoms with Crippen LogP contribution in [0, 0.1) is 12.3 Å². The first-order valence-electron chi connectivity index (χ1n) is 10.0. The molecule has 1 heterocycles. The van der Waals surface area contributed by atoms with Crippen molar-refractivity contribution in [3.05, 3.63) is 78.0 Å². The maximum Gasteiger partial charge on any atom is 0.0792 e. The van der Waals surface area contributed by atoms with E-state index in [1.807, 2.05) is 6.20 Å². The molecule has 3 aromatic carbocycles. The molecule has 138 valence electrons. The molecule has 0 atom stereocenters. The molecule has 0 spiro atoms. The molecule has 0 saturated heterocycles. The van der Waals surface area contributed by atoms with E-state index in [0.29, 0.717) is 0 Å². The molecule has 0 radical (unpaired) electrons. The van der Waals surface area contributed by atoms with E-state index >= 15 is 0 Å². The summed E-state index contributed by atoms with van der Waals surface area (Å²) in [6.07, 6.45) is 3.03. The quantitative estimate of drug-likeness (QED) is 0.301. The fourth-order valence-corrected chi connectivity index (χ4v) is 4.55. The molecule has 1 aromatic heterocycles. The van der Waals surface area contributed by atoms with Gasteiger partial charge in [0.2, 0.25) is 0 Å². The lowest BCUT2D eigenvalue weighted by atomic mass is 9.84. The summed E-state index contributed by atoms with van der Waals surface area (Å²) >= 11 is 0. The van der Waals surface area contributed by atoms with Gasteiger partial charge in [-0.2, -0.15) is 0 Å². The van der Waals surface area contributed by atoms with Gasteiger partial charge in [-0.15, -0.1) is 0 Å². The van der Waals surface area contributed by atoms with E-state index in [-0.39, 0.29) is 5.41 Å². The normalized spacial score (nSPS) is 12.4. The van der Waals surface area contributed by atoms with Crippen LogP contribution in [-0.4, -0.2) is 4.98 Å². The van der Waals surface area contributed by atoms with Crippen molar-refractivity contribution in [2.24, 2.45) is 5.41 Å². The zero-order valence-corrected chi connectivity index (χ0v) is 17.0. The van der Waals surface area contributed by atoms with Gasteiger partial charge in [0.25, 0.3) is 0 Å². The van der Waals surface area contributed by atoms with Crippen molar-refractivity contribution >= 4 is 10.8 Å². The molecule has 0 unspecified atom stereocenters. The maximum absolute atomic E-state index is 4.88. The van der Waals surface area contributed by atoms with Crippen LogP contribution < -0.4 is 0 Å². The Labute approximate surface area is 167 Å². The van der Waals surface area contributed by atoms with E-state index in [2.05, 4.69) is 88.4 Å². The van der Waals surface area contributed by atoms with Crippen LogP contribution in [-0.2, 0) is 6.42 Å². The Hall–Kier alpha value is -2.93. The lowest BCUT2D eigenvalue weighted by Crippen LogP contribution is -2.09. The number of nitrogens with zero attached hydrogens (tertiary/aromatic N) is 1. The third kappa shape index (κ3) is 2.65. The van der Waals surface area contributed by atoms with Gasteiger partial charge >= 0.3 is 0 Å². The third-order valence-corrected chi connectivity index (χ3v) is 5.68. The Kier molecular flexibility index (Phi) is 3.71. The van der Waals surface area contributed by atoms with E-state index < -0.39 is 0 Å². The standard InChI is InChI=1S/C27H25N/c1-17-9-11-21-22-12-10-18(16-27(2,3)4)19-13-14-28-26(25(19)22)23-8-6-5-7-20(23)24(21)15-17/h5-15H,16H2,1-4H3. The zero-order chi connectivity index (χ0) is 19.5. The lowest BCUT2D eigenvalue weighted by molar-refractivity contribution is 0.412. The highest BCUT2D eigenvalue weighted by atomic mass is 14.7. The Balaban J connectivity index is 1.95. The lowest BCUT2D eigenvalue weighted by Gasteiger charge is -2.21. The van der Waals surface area contributed by atoms with Crippen molar-refractivity contribution in [1.29, 1.82) is 0 Å². The number of fused-ring (bicyclic) bond motifs is 5. The Morgan fingerprint density at radius 1 is 0.750 bits per heavy atom. The first-order chi connectivity index (χ1) is 13.4. The number of rotatable bonds is 1. The molecule has 5 rings (SSSR count). The Morgan fingerprint density at radius 3 is 2.25 bits per heavy atom. The summed E-state index contributed by atoms with van der Waals surface area (Å²) in [5.74, 6) is 0. The number of aryl methyl sites for hydroxylation is 1.